The van der Waals surface area contributed by atoms with Crippen LogP contribution in [0.25, 0.3) is 10.2 Å². The Hall–Kier alpha value is -2.22. The van der Waals surface area contributed by atoms with E-state index in [0.29, 0.717) is 21.6 Å². The summed E-state index contributed by atoms with van der Waals surface area (Å²) in [5.41, 5.74) is 0.609. The van der Waals surface area contributed by atoms with Crippen LogP contribution in [0.4, 0.5) is 5.82 Å². The number of amides is 1. The van der Waals surface area contributed by atoms with Crippen molar-refractivity contribution in [1.29, 1.82) is 0 Å². The van der Waals surface area contributed by atoms with Crippen LogP contribution in [-0.2, 0) is 4.79 Å². The van der Waals surface area contributed by atoms with Gasteiger partial charge in [0.2, 0.25) is 5.91 Å². The first-order valence-corrected chi connectivity index (χ1v) is 6.65. The van der Waals surface area contributed by atoms with E-state index in [0.717, 1.165) is 11.3 Å². The first kappa shape index (κ1) is 14.2. The highest BCUT2D eigenvalue weighted by Gasteiger charge is 2.18. The molecular weight excluding hydrogens is 280 g/mol. The van der Waals surface area contributed by atoms with Crippen LogP contribution < -0.4 is 5.32 Å². The molecule has 0 fully saturated rings. The van der Waals surface area contributed by atoms with Gasteiger partial charge in [-0.15, -0.1) is 11.3 Å². The van der Waals surface area contributed by atoms with Gasteiger partial charge in [0.05, 0.1) is 11.9 Å². The van der Waals surface area contributed by atoms with Crippen molar-refractivity contribution in [2.24, 2.45) is 0 Å². The fourth-order valence-electron chi connectivity index (χ4n) is 1.73. The molecule has 0 unspecified atom stereocenters. The summed E-state index contributed by atoms with van der Waals surface area (Å²) in [5, 5.41) is 12.7. The zero-order valence-electron chi connectivity index (χ0n) is 11.3. The van der Waals surface area contributed by atoms with Crippen LogP contribution >= 0.6 is 11.3 Å². The number of aryl methyl sites for hydroxylation is 1. The molecule has 0 saturated carbocycles. The van der Waals surface area contributed by atoms with Crippen LogP contribution in [0, 0.1) is 6.92 Å². The average molecular weight is 294 g/mol. The number of hydrogen-bond acceptors (Lipinski definition) is 6. The van der Waals surface area contributed by atoms with E-state index in [9.17, 15) is 9.59 Å². The van der Waals surface area contributed by atoms with E-state index in [1.807, 2.05) is 0 Å². The monoisotopic (exact) mass is 294 g/mol. The molecule has 2 heterocycles. The molecule has 106 valence electrons. The molecule has 0 saturated heterocycles. The van der Waals surface area contributed by atoms with Gasteiger partial charge in [0.15, 0.2) is 0 Å². The first-order chi connectivity index (χ1) is 9.41. The number of carboxylic acid groups (broad SMARTS) is 1. The summed E-state index contributed by atoms with van der Waals surface area (Å²) in [6.45, 7) is 1.81. The maximum absolute atomic E-state index is 11.6. The number of nitrogens with one attached hydrogen (secondary N) is 1. The first-order valence-electron chi connectivity index (χ1n) is 5.83. The van der Waals surface area contributed by atoms with Crippen molar-refractivity contribution < 1.29 is 14.7 Å². The van der Waals surface area contributed by atoms with E-state index in [1.165, 1.54) is 11.2 Å². The predicted octanol–water partition coefficient (Wildman–Crippen LogP) is 1.20. The highest BCUT2D eigenvalue weighted by Crippen LogP contribution is 2.32. The maximum atomic E-state index is 11.6. The molecule has 1 amide bonds. The third-order valence-corrected chi connectivity index (χ3v) is 4.01. The van der Waals surface area contributed by atoms with Crippen molar-refractivity contribution in [1.82, 2.24) is 14.9 Å². The number of thiophene rings is 1. The number of likely N-dealkylation sites (N-methyl/N-ethyl adjacent to an activating group) is 1. The Morgan fingerprint density at radius 2 is 2.10 bits per heavy atom. The van der Waals surface area contributed by atoms with Crippen LogP contribution in [0.2, 0.25) is 0 Å². The lowest BCUT2D eigenvalue weighted by Crippen LogP contribution is -2.28. The third kappa shape index (κ3) is 2.55. The van der Waals surface area contributed by atoms with Gasteiger partial charge >= 0.3 is 5.97 Å². The fourth-order valence-corrected chi connectivity index (χ4v) is 2.71. The van der Waals surface area contributed by atoms with Crippen LogP contribution in [0.1, 0.15) is 15.2 Å². The molecule has 7 nitrogen and oxygen atoms in total. The number of fused-ring (bicyclic) bond motifs is 1. The lowest BCUT2D eigenvalue weighted by atomic mass is 10.2. The molecule has 0 bridgehead atoms. The molecule has 2 rings (SSSR count). The molecule has 0 aromatic carbocycles. The van der Waals surface area contributed by atoms with Crippen LogP contribution in [0.5, 0.6) is 0 Å². The number of anilines is 1. The quantitative estimate of drug-likeness (QED) is 0.879. The number of aromatic nitrogens is 2. The number of carbonyl (C=O) groups excluding carboxylic acids is 1. The summed E-state index contributed by atoms with van der Waals surface area (Å²) in [4.78, 5) is 33.2. The Balaban J connectivity index is 2.39. The highest BCUT2D eigenvalue weighted by molar-refractivity contribution is 7.20. The molecule has 2 aromatic rings. The second kappa shape index (κ2) is 5.41. The number of aromatic carboxylic acids is 1. The lowest BCUT2D eigenvalue weighted by molar-refractivity contribution is -0.126. The van der Waals surface area contributed by atoms with Crippen molar-refractivity contribution in [3.63, 3.8) is 0 Å². The lowest BCUT2D eigenvalue weighted by Gasteiger charge is -2.11. The fraction of sp³-hybridized carbons (Fsp3) is 0.333. The summed E-state index contributed by atoms with van der Waals surface area (Å²) < 4.78 is 0. The molecule has 0 aliphatic heterocycles. The minimum Gasteiger partial charge on any atom is -0.477 e. The van der Waals surface area contributed by atoms with Crippen molar-refractivity contribution in [2.45, 2.75) is 6.92 Å². The SMILES string of the molecule is Cc1c(C(=O)O)sc2ncnc(NCC(=O)N(C)C)c12. The standard InChI is InChI=1S/C12H14N4O3S/c1-6-8-10(13-4-7(17)16(2)3)14-5-15-11(8)20-9(6)12(18)19/h5H,4H2,1-3H3,(H,18,19)(H,13,14,15). The summed E-state index contributed by atoms with van der Waals surface area (Å²) in [6, 6.07) is 0. The summed E-state index contributed by atoms with van der Waals surface area (Å²) >= 11 is 1.10. The smallest absolute Gasteiger partial charge is 0.346 e. The maximum Gasteiger partial charge on any atom is 0.346 e. The molecule has 8 heteroatoms. The number of carboxylic acids is 1. The van der Waals surface area contributed by atoms with Crippen molar-refractivity contribution in [3.05, 3.63) is 16.8 Å². The van der Waals surface area contributed by atoms with Crippen LogP contribution in [0.15, 0.2) is 6.33 Å². The zero-order valence-corrected chi connectivity index (χ0v) is 12.1. The number of hydrogen-bond donors (Lipinski definition) is 2. The normalized spacial score (nSPS) is 10.6. The van der Waals surface area contributed by atoms with Gasteiger partial charge in [-0.3, -0.25) is 4.79 Å². The van der Waals surface area contributed by atoms with Gasteiger partial charge in [0.25, 0.3) is 0 Å². The van der Waals surface area contributed by atoms with E-state index >= 15 is 0 Å². The number of nitrogens with zero attached hydrogens (tertiary/aromatic N) is 3. The van der Waals surface area contributed by atoms with Crippen molar-refractivity contribution in [3.8, 4) is 0 Å². The zero-order chi connectivity index (χ0) is 14.9. The van der Waals surface area contributed by atoms with E-state index in [4.69, 9.17) is 5.11 Å². The highest BCUT2D eigenvalue weighted by atomic mass is 32.1. The second-order valence-electron chi connectivity index (χ2n) is 4.41. The van der Waals surface area contributed by atoms with Gasteiger partial charge in [-0.1, -0.05) is 0 Å². The average Bonchev–Trinajstić information content (AvgIpc) is 2.74. The van der Waals surface area contributed by atoms with Gasteiger partial charge in [-0.2, -0.15) is 0 Å². The van der Waals surface area contributed by atoms with Gasteiger partial charge in [-0.25, -0.2) is 14.8 Å². The van der Waals surface area contributed by atoms with Gasteiger partial charge in [-0.05, 0) is 12.5 Å². The minimum atomic E-state index is -0.985. The number of carbonyl (C=O) groups is 2. The Bertz CT molecular complexity index is 681. The summed E-state index contributed by atoms with van der Waals surface area (Å²) in [5.74, 6) is -0.602. The molecule has 0 aliphatic rings. The van der Waals surface area contributed by atoms with E-state index in [2.05, 4.69) is 15.3 Å². The molecular formula is C12H14N4O3S. The van der Waals surface area contributed by atoms with E-state index < -0.39 is 5.97 Å². The summed E-state index contributed by atoms with van der Waals surface area (Å²) in [6.07, 6.45) is 1.35. The van der Waals surface area contributed by atoms with E-state index in [-0.39, 0.29) is 17.3 Å². The second-order valence-corrected chi connectivity index (χ2v) is 5.40. The molecule has 2 N–H and O–H groups in total. The molecule has 20 heavy (non-hydrogen) atoms. The molecule has 0 spiro atoms. The Morgan fingerprint density at radius 3 is 2.70 bits per heavy atom. The van der Waals surface area contributed by atoms with Crippen LogP contribution in [-0.4, -0.2) is 52.5 Å². The topological polar surface area (TPSA) is 95.4 Å². The third-order valence-electron chi connectivity index (χ3n) is 2.83. The molecule has 0 atom stereocenters. The van der Waals surface area contributed by atoms with E-state index in [1.54, 1.807) is 21.0 Å². The van der Waals surface area contributed by atoms with Crippen LogP contribution in [0.3, 0.4) is 0 Å². The molecule has 2 aromatic heterocycles. The van der Waals surface area contributed by atoms with Gasteiger partial charge < -0.3 is 15.3 Å². The Kier molecular flexibility index (Phi) is 3.84. The number of rotatable bonds is 4. The van der Waals surface area contributed by atoms with Gasteiger partial charge in [0, 0.05) is 14.1 Å². The van der Waals surface area contributed by atoms with Gasteiger partial charge in [0.1, 0.15) is 21.9 Å². The predicted molar refractivity (Wildman–Crippen MR) is 76.3 cm³/mol. The molecule has 0 aliphatic carbocycles. The minimum absolute atomic E-state index is 0.0941. The van der Waals surface area contributed by atoms with Crippen molar-refractivity contribution in [2.75, 3.05) is 26.0 Å². The Morgan fingerprint density at radius 1 is 1.40 bits per heavy atom. The molecule has 0 radical (unpaired) electrons. The largest absolute Gasteiger partial charge is 0.477 e. The summed E-state index contributed by atoms with van der Waals surface area (Å²) in [7, 11) is 3.33. The Labute approximate surface area is 119 Å². The van der Waals surface area contributed by atoms with Crippen molar-refractivity contribution >= 4 is 39.2 Å².